The van der Waals surface area contributed by atoms with Gasteiger partial charge >= 0.3 is 5.97 Å². The van der Waals surface area contributed by atoms with Gasteiger partial charge in [0.25, 0.3) is 0 Å². The molecule has 0 aromatic heterocycles. The number of nitrogen functional groups attached to an aromatic ring is 1. The van der Waals surface area contributed by atoms with Crippen molar-refractivity contribution in [3.8, 4) is 5.75 Å². The summed E-state index contributed by atoms with van der Waals surface area (Å²) >= 11 is 1.35. The third-order valence-electron chi connectivity index (χ3n) is 1.75. The largest absolute Gasteiger partial charge is 0.506 e. The van der Waals surface area contributed by atoms with E-state index in [1.54, 1.807) is 6.26 Å². The summed E-state index contributed by atoms with van der Waals surface area (Å²) in [5, 5.41) is 9.32. The van der Waals surface area contributed by atoms with Crippen molar-refractivity contribution in [1.29, 1.82) is 0 Å². The fraction of sp³-hybridized carbons (Fsp3) is 0.222. The van der Waals surface area contributed by atoms with Gasteiger partial charge < -0.3 is 15.6 Å². The zero-order valence-electron chi connectivity index (χ0n) is 7.90. The van der Waals surface area contributed by atoms with Gasteiger partial charge in [-0.05, 0) is 18.4 Å². The summed E-state index contributed by atoms with van der Waals surface area (Å²) in [5.74, 6) is -0.483. The second kappa shape index (κ2) is 4.23. The number of benzene rings is 1. The molecule has 0 aliphatic rings. The van der Waals surface area contributed by atoms with Crippen molar-refractivity contribution in [2.75, 3.05) is 19.1 Å². The van der Waals surface area contributed by atoms with Gasteiger partial charge in [-0.25, -0.2) is 4.79 Å². The van der Waals surface area contributed by atoms with Crippen LogP contribution in [0.25, 0.3) is 0 Å². The van der Waals surface area contributed by atoms with Crippen LogP contribution < -0.4 is 5.73 Å². The molecule has 1 aromatic rings. The van der Waals surface area contributed by atoms with Gasteiger partial charge in [-0.1, -0.05) is 0 Å². The molecule has 0 aliphatic heterocycles. The molecule has 14 heavy (non-hydrogen) atoms. The van der Waals surface area contributed by atoms with Crippen molar-refractivity contribution in [3.63, 3.8) is 0 Å². The molecule has 76 valence electrons. The number of hydrogen-bond acceptors (Lipinski definition) is 5. The molecule has 0 spiro atoms. The number of thioether (sulfide) groups is 1. The van der Waals surface area contributed by atoms with E-state index in [9.17, 15) is 9.90 Å². The Balaban J connectivity index is 3.27. The molecule has 0 bridgehead atoms. The molecule has 4 nitrogen and oxygen atoms in total. The van der Waals surface area contributed by atoms with Crippen LogP contribution in [0.3, 0.4) is 0 Å². The van der Waals surface area contributed by atoms with E-state index < -0.39 is 5.97 Å². The Labute approximate surface area is 86.1 Å². The Morgan fingerprint density at radius 2 is 2.21 bits per heavy atom. The number of methoxy groups -OCH3 is 1. The van der Waals surface area contributed by atoms with Crippen molar-refractivity contribution in [2.24, 2.45) is 0 Å². The van der Waals surface area contributed by atoms with Crippen LogP contribution in [0.2, 0.25) is 0 Å². The highest BCUT2D eigenvalue weighted by Gasteiger charge is 2.13. The van der Waals surface area contributed by atoms with E-state index in [1.165, 1.54) is 31.0 Å². The third-order valence-corrected chi connectivity index (χ3v) is 2.53. The standard InChI is InChI=1S/C9H11NO3S/c1-13-9(12)5-3-6(10)7(11)4-8(5)14-2/h3-4,11H,10H2,1-2H3. The van der Waals surface area contributed by atoms with Gasteiger partial charge in [-0.3, -0.25) is 0 Å². The Kier molecular flexibility index (Phi) is 3.24. The first kappa shape index (κ1) is 10.7. The van der Waals surface area contributed by atoms with Crippen LogP contribution in [-0.2, 0) is 4.74 Å². The first-order chi connectivity index (χ1) is 6.60. The van der Waals surface area contributed by atoms with E-state index in [4.69, 9.17) is 5.73 Å². The fourth-order valence-corrected chi connectivity index (χ4v) is 1.62. The average Bonchev–Trinajstić information content (AvgIpc) is 2.20. The summed E-state index contributed by atoms with van der Waals surface area (Å²) in [6, 6.07) is 2.86. The molecule has 0 aliphatic carbocycles. The zero-order chi connectivity index (χ0) is 10.7. The van der Waals surface area contributed by atoms with Crippen LogP contribution in [0.1, 0.15) is 10.4 Å². The molecule has 1 aromatic carbocycles. The van der Waals surface area contributed by atoms with Crippen LogP contribution in [0.15, 0.2) is 17.0 Å². The molecule has 0 radical (unpaired) electrons. The summed E-state index contributed by atoms with van der Waals surface area (Å²) in [4.78, 5) is 11.9. The molecule has 3 N–H and O–H groups in total. The maximum Gasteiger partial charge on any atom is 0.339 e. The van der Waals surface area contributed by atoms with Gasteiger partial charge in [0.15, 0.2) is 0 Å². The van der Waals surface area contributed by atoms with Crippen LogP contribution >= 0.6 is 11.8 Å². The van der Waals surface area contributed by atoms with E-state index in [-0.39, 0.29) is 11.4 Å². The second-order valence-electron chi connectivity index (χ2n) is 2.60. The van der Waals surface area contributed by atoms with Crippen LogP contribution in [-0.4, -0.2) is 24.4 Å². The molecular formula is C9H11NO3S. The smallest absolute Gasteiger partial charge is 0.339 e. The van der Waals surface area contributed by atoms with E-state index in [0.29, 0.717) is 10.5 Å². The lowest BCUT2D eigenvalue weighted by Gasteiger charge is -2.07. The Morgan fingerprint density at radius 3 is 2.71 bits per heavy atom. The molecule has 0 amide bonds. The van der Waals surface area contributed by atoms with Crippen molar-refractivity contribution in [1.82, 2.24) is 0 Å². The van der Waals surface area contributed by atoms with Crippen molar-refractivity contribution >= 4 is 23.4 Å². The molecule has 0 saturated carbocycles. The first-order valence-electron chi connectivity index (χ1n) is 3.85. The topological polar surface area (TPSA) is 72.5 Å². The third kappa shape index (κ3) is 1.93. The number of phenols is 1. The molecule has 0 atom stereocenters. The van der Waals surface area contributed by atoms with E-state index in [1.807, 2.05) is 0 Å². The average molecular weight is 213 g/mol. The normalized spacial score (nSPS) is 9.86. The highest BCUT2D eigenvalue weighted by molar-refractivity contribution is 7.98. The van der Waals surface area contributed by atoms with Gasteiger partial charge in [-0.2, -0.15) is 0 Å². The van der Waals surface area contributed by atoms with E-state index in [2.05, 4.69) is 4.74 Å². The predicted octanol–water partition coefficient (Wildman–Crippen LogP) is 1.48. The predicted molar refractivity (Wildman–Crippen MR) is 55.6 cm³/mol. The minimum Gasteiger partial charge on any atom is -0.506 e. The lowest BCUT2D eigenvalue weighted by molar-refractivity contribution is 0.0597. The summed E-state index contributed by atoms with van der Waals surface area (Å²) in [6.07, 6.45) is 1.80. The number of phenolic OH excluding ortho intramolecular Hbond substituents is 1. The highest BCUT2D eigenvalue weighted by Crippen LogP contribution is 2.30. The maximum atomic E-state index is 11.3. The summed E-state index contributed by atoms with van der Waals surface area (Å²) in [6.45, 7) is 0. The molecule has 0 unspecified atom stereocenters. The van der Waals surface area contributed by atoms with Gasteiger partial charge in [0.05, 0.1) is 18.4 Å². The van der Waals surface area contributed by atoms with Crippen LogP contribution in [0.5, 0.6) is 5.75 Å². The highest BCUT2D eigenvalue weighted by atomic mass is 32.2. The number of carbonyl (C=O) groups is 1. The number of esters is 1. The number of ether oxygens (including phenoxy) is 1. The second-order valence-corrected chi connectivity index (χ2v) is 3.45. The Morgan fingerprint density at radius 1 is 1.57 bits per heavy atom. The monoisotopic (exact) mass is 213 g/mol. The quantitative estimate of drug-likeness (QED) is 0.337. The maximum absolute atomic E-state index is 11.3. The molecule has 0 fully saturated rings. The number of aromatic hydroxyl groups is 1. The number of carbonyl (C=O) groups excluding carboxylic acids is 1. The molecule has 5 heteroatoms. The minimum atomic E-state index is -0.457. The van der Waals surface area contributed by atoms with Gasteiger partial charge in [0.1, 0.15) is 5.75 Å². The van der Waals surface area contributed by atoms with Gasteiger partial charge in [-0.15, -0.1) is 11.8 Å². The molecular weight excluding hydrogens is 202 g/mol. The van der Waals surface area contributed by atoms with E-state index >= 15 is 0 Å². The molecule has 1 rings (SSSR count). The Hall–Kier alpha value is -1.36. The zero-order valence-corrected chi connectivity index (χ0v) is 8.72. The lowest BCUT2D eigenvalue weighted by atomic mass is 10.2. The number of rotatable bonds is 2. The lowest BCUT2D eigenvalue weighted by Crippen LogP contribution is -2.04. The van der Waals surface area contributed by atoms with Crippen molar-refractivity contribution in [3.05, 3.63) is 17.7 Å². The molecule has 0 heterocycles. The summed E-state index contributed by atoms with van der Waals surface area (Å²) in [7, 11) is 1.30. The summed E-state index contributed by atoms with van der Waals surface area (Å²) in [5.41, 5.74) is 6.01. The van der Waals surface area contributed by atoms with E-state index in [0.717, 1.165) is 0 Å². The number of anilines is 1. The SMILES string of the molecule is COC(=O)c1cc(N)c(O)cc1SC. The first-order valence-corrected chi connectivity index (χ1v) is 5.07. The van der Waals surface area contributed by atoms with Gasteiger partial charge in [0, 0.05) is 4.90 Å². The molecule has 0 saturated heterocycles. The van der Waals surface area contributed by atoms with Crippen molar-refractivity contribution < 1.29 is 14.6 Å². The Bertz CT molecular complexity index is 365. The van der Waals surface area contributed by atoms with Gasteiger partial charge in [0.2, 0.25) is 0 Å². The number of nitrogens with two attached hydrogens (primary N) is 1. The minimum absolute atomic E-state index is 0.0259. The van der Waals surface area contributed by atoms with Crippen molar-refractivity contribution in [2.45, 2.75) is 4.90 Å². The van der Waals surface area contributed by atoms with Crippen LogP contribution in [0.4, 0.5) is 5.69 Å². The fourth-order valence-electron chi connectivity index (χ4n) is 1.02. The number of hydrogen-bond donors (Lipinski definition) is 2. The summed E-state index contributed by atoms with van der Waals surface area (Å²) < 4.78 is 4.58. The van der Waals surface area contributed by atoms with Crippen LogP contribution in [0, 0.1) is 0 Å².